The number of benzene rings is 4. The van der Waals surface area contributed by atoms with Gasteiger partial charge in [0.15, 0.2) is 5.65 Å². The predicted octanol–water partition coefficient (Wildman–Crippen LogP) is 4.82. The number of amides is 4. The summed E-state index contributed by atoms with van der Waals surface area (Å²) < 4.78 is 1.92. The zero-order chi connectivity index (χ0) is 35.6. The maximum absolute atomic E-state index is 14.5. The number of carbonyl (C=O) groups excluding carboxylic acids is 4. The number of hydrogen-bond donors (Lipinski definition) is 2. The summed E-state index contributed by atoms with van der Waals surface area (Å²) >= 11 is 0. The molecule has 3 unspecified atom stereocenters. The zero-order valence-corrected chi connectivity index (χ0v) is 28.9. The Balaban J connectivity index is 0.951. The Morgan fingerprint density at radius 3 is 1.81 bits per heavy atom. The van der Waals surface area contributed by atoms with Crippen LogP contribution in [0.15, 0.2) is 61.3 Å². The molecule has 0 fully saturated rings. The molecular formula is C40H34N8O4. The second-order valence-electron chi connectivity index (χ2n) is 14.2. The van der Waals surface area contributed by atoms with Gasteiger partial charge in [0.1, 0.15) is 18.2 Å². The molecule has 12 nitrogen and oxygen atoms in total. The van der Waals surface area contributed by atoms with Gasteiger partial charge in [0.05, 0.1) is 35.9 Å². The average molecular weight is 691 g/mol. The number of nitrogens with one attached hydrogen (secondary N) is 2. The molecule has 0 radical (unpaired) electrons. The molecular weight excluding hydrogens is 656 g/mol. The summed E-state index contributed by atoms with van der Waals surface area (Å²) in [4.78, 5) is 72.0. The van der Waals surface area contributed by atoms with Gasteiger partial charge in [-0.25, -0.2) is 15.0 Å². The molecule has 4 amide bonds. The van der Waals surface area contributed by atoms with Gasteiger partial charge in [0, 0.05) is 27.5 Å². The molecule has 0 saturated heterocycles. The molecule has 4 aliphatic rings. The lowest BCUT2D eigenvalue weighted by Gasteiger charge is -2.38. The van der Waals surface area contributed by atoms with E-state index in [0.29, 0.717) is 39.7 Å². The van der Waals surface area contributed by atoms with Gasteiger partial charge in [-0.15, -0.1) is 0 Å². The standard InChI is InChI=1S/C40H34N8O4/c1-4-31(44-19(2)47-37(49)25-12-8-21-5-6-22-9-13-26(38(47)50)34(25)32(21)22)45-20(3)48-39(51)27-14-10-23-7-11-24-29(15-28(40(48)52)35(27)33(23)24)46-18-43-36-30(46)16-41-17-42-36/h8-10,12-20,31,44-45H,4-7,11H2,1-3H3. The fourth-order valence-corrected chi connectivity index (χ4v) is 9.04. The molecule has 12 heteroatoms. The molecule has 3 atom stereocenters. The van der Waals surface area contributed by atoms with Crippen molar-refractivity contribution in [2.45, 2.75) is 71.4 Å². The number of carbonyl (C=O) groups is 4. The summed E-state index contributed by atoms with van der Waals surface area (Å²) in [6, 6.07) is 13.4. The third kappa shape index (κ3) is 4.13. The third-order valence-corrected chi connectivity index (χ3v) is 11.4. The van der Waals surface area contributed by atoms with E-state index in [1.54, 1.807) is 26.4 Å². The van der Waals surface area contributed by atoms with Crippen LogP contribution in [0.25, 0.3) is 38.4 Å². The molecule has 2 aliphatic carbocycles. The highest BCUT2D eigenvalue weighted by Gasteiger charge is 2.41. The summed E-state index contributed by atoms with van der Waals surface area (Å²) in [6.07, 6.45) is 6.93. The quantitative estimate of drug-likeness (QED) is 0.170. The molecule has 2 aromatic heterocycles. The maximum Gasteiger partial charge on any atom is 0.262 e. The van der Waals surface area contributed by atoms with Crippen LogP contribution in [0.5, 0.6) is 0 Å². The maximum atomic E-state index is 14.5. The van der Waals surface area contributed by atoms with Crippen molar-refractivity contribution in [1.82, 2.24) is 40.0 Å². The molecule has 0 spiro atoms. The van der Waals surface area contributed by atoms with Crippen molar-refractivity contribution in [1.29, 1.82) is 0 Å². The van der Waals surface area contributed by atoms with Crippen LogP contribution >= 0.6 is 0 Å². The largest absolute Gasteiger partial charge is 0.296 e. The number of imidazole rings is 1. The number of fused-ring (bicyclic) bond motifs is 1. The van der Waals surface area contributed by atoms with Gasteiger partial charge in [-0.05, 0) is 103 Å². The highest BCUT2D eigenvalue weighted by molar-refractivity contribution is 6.28. The van der Waals surface area contributed by atoms with E-state index in [-0.39, 0.29) is 17.7 Å². The normalized spacial score (nSPS) is 17.7. The Bertz CT molecular complexity index is 2570. The van der Waals surface area contributed by atoms with Crippen LogP contribution in [-0.2, 0) is 25.7 Å². The van der Waals surface area contributed by atoms with E-state index in [1.165, 1.54) is 27.3 Å². The van der Waals surface area contributed by atoms with Gasteiger partial charge in [-0.2, -0.15) is 0 Å². The van der Waals surface area contributed by atoms with Gasteiger partial charge < -0.3 is 0 Å². The second kappa shape index (κ2) is 11.1. The molecule has 4 aromatic carbocycles. The minimum Gasteiger partial charge on any atom is -0.296 e. The van der Waals surface area contributed by atoms with E-state index >= 15 is 0 Å². The van der Waals surface area contributed by atoms with Gasteiger partial charge in [0.2, 0.25) is 0 Å². The van der Waals surface area contributed by atoms with E-state index in [4.69, 9.17) is 0 Å². The fourth-order valence-electron chi connectivity index (χ4n) is 9.04. The first kappa shape index (κ1) is 30.9. The van der Waals surface area contributed by atoms with Crippen LogP contribution < -0.4 is 10.6 Å². The van der Waals surface area contributed by atoms with Gasteiger partial charge in [-0.1, -0.05) is 25.1 Å². The smallest absolute Gasteiger partial charge is 0.262 e. The number of nitrogens with zero attached hydrogens (tertiary/aromatic N) is 6. The van der Waals surface area contributed by atoms with Crippen molar-refractivity contribution < 1.29 is 19.2 Å². The molecule has 6 aromatic rings. The highest BCUT2D eigenvalue weighted by Crippen LogP contribution is 2.43. The van der Waals surface area contributed by atoms with Crippen molar-refractivity contribution in [2.75, 3.05) is 0 Å². The van der Waals surface area contributed by atoms with Gasteiger partial charge in [-0.3, -0.25) is 44.2 Å². The summed E-state index contributed by atoms with van der Waals surface area (Å²) in [6.45, 7) is 5.52. The molecule has 0 bridgehead atoms. The Morgan fingerprint density at radius 2 is 1.21 bits per heavy atom. The SMILES string of the molecule is CCC(NC(C)N1C(=O)c2ccc3c4c(ccc(c24)C1=O)CC3)NC(C)N1C(=O)c2ccc3c4c(c(-n5cnc6ncncc65)cc(c24)C1=O)CC3. The molecule has 258 valence electrons. The number of rotatable bonds is 8. The Morgan fingerprint density at radius 1 is 0.673 bits per heavy atom. The summed E-state index contributed by atoms with van der Waals surface area (Å²) in [5.74, 6) is -1.46. The van der Waals surface area contributed by atoms with Crippen LogP contribution in [0.4, 0.5) is 0 Å². The lowest BCUT2D eigenvalue weighted by molar-refractivity contribution is 0.0472. The topological polar surface area (TPSA) is 142 Å². The van der Waals surface area contributed by atoms with Crippen molar-refractivity contribution in [3.8, 4) is 5.69 Å². The number of imide groups is 2. The molecule has 4 heterocycles. The lowest BCUT2D eigenvalue weighted by Crippen LogP contribution is -2.61. The monoisotopic (exact) mass is 690 g/mol. The Labute approximate surface area is 297 Å². The van der Waals surface area contributed by atoms with Gasteiger partial charge >= 0.3 is 0 Å². The van der Waals surface area contributed by atoms with Crippen LogP contribution in [0.1, 0.15) is 90.9 Å². The lowest BCUT2D eigenvalue weighted by atomic mass is 9.90. The Kier molecular flexibility index (Phi) is 6.59. The summed E-state index contributed by atoms with van der Waals surface area (Å²) in [5, 5.41) is 10.3. The molecule has 52 heavy (non-hydrogen) atoms. The third-order valence-electron chi connectivity index (χ3n) is 11.4. The molecule has 2 N–H and O–H groups in total. The number of aryl methyl sites for hydroxylation is 4. The summed E-state index contributed by atoms with van der Waals surface area (Å²) in [5.41, 5.74) is 8.62. The van der Waals surface area contributed by atoms with E-state index in [0.717, 1.165) is 64.2 Å². The Hall–Kier alpha value is -5.85. The van der Waals surface area contributed by atoms with Crippen LogP contribution in [0, 0.1) is 0 Å². The number of aromatic nitrogens is 4. The zero-order valence-electron chi connectivity index (χ0n) is 28.9. The minimum atomic E-state index is -0.732. The predicted molar refractivity (Wildman–Crippen MR) is 193 cm³/mol. The van der Waals surface area contributed by atoms with Crippen LogP contribution in [0.2, 0.25) is 0 Å². The molecule has 10 rings (SSSR count). The fraction of sp³-hybridized carbons (Fsp3) is 0.275. The van der Waals surface area contributed by atoms with Crippen molar-refractivity contribution >= 4 is 56.3 Å². The second-order valence-corrected chi connectivity index (χ2v) is 14.2. The molecule has 2 aliphatic heterocycles. The number of hydrogen-bond acceptors (Lipinski definition) is 9. The van der Waals surface area contributed by atoms with E-state index in [2.05, 4.69) is 25.6 Å². The van der Waals surface area contributed by atoms with E-state index in [9.17, 15) is 19.2 Å². The average Bonchev–Trinajstić information content (AvgIpc) is 3.90. The van der Waals surface area contributed by atoms with Crippen molar-refractivity contribution in [2.24, 2.45) is 0 Å². The first-order valence-electron chi connectivity index (χ1n) is 17.8. The highest BCUT2D eigenvalue weighted by atomic mass is 16.2. The van der Waals surface area contributed by atoms with Crippen molar-refractivity contribution in [3.63, 3.8) is 0 Å². The minimum absolute atomic E-state index is 0.341. The summed E-state index contributed by atoms with van der Waals surface area (Å²) in [7, 11) is 0. The van der Waals surface area contributed by atoms with Crippen LogP contribution in [0.3, 0.4) is 0 Å². The molecule has 0 saturated carbocycles. The van der Waals surface area contributed by atoms with Crippen LogP contribution in [-0.4, -0.2) is 71.4 Å². The van der Waals surface area contributed by atoms with Gasteiger partial charge in [0.25, 0.3) is 23.6 Å². The first-order chi connectivity index (χ1) is 25.2. The first-order valence-corrected chi connectivity index (χ1v) is 17.8. The van der Waals surface area contributed by atoms with E-state index < -0.39 is 24.4 Å². The van der Waals surface area contributed by atoms with Crippen molar-refractivity contribution in [3.05, 3.63) is 106 Å². The van der Waals surface area contributed by atoms with E-state index in [1.807, 2.05) is 54.0 Å².